The second-order valence-electron chi connectivity index (χ2n) is 12.3. The van der Waals surface area contributed by atoms with E-state index in [0.717, 1.165) is 33.3 Å². The van der Waals surface area contributed by atoms with Crippen LogP contribution >= 0.6 is 23.3 Å². The maximum atomic E-state index is 5.47. The molecule has 0 spiro atoms. The van der Waals surface area contributed by atoms with Crippen LogP contribution in [0.5, 0.6) is 0 Å². The van der Waals surface area contributed by atoms with Gasteiger partial charge < -0.3 is 0 Å². The third-order valence-corrected chi connectivity index (χ3v) is 11.8. The van der Waals surface area contributed by atoms with Crippen LogP contribution in [-0.2, 0) is 0 Å². The molecule has 0 radical (unpaired) electrons. The van der Waals surface area contributed by atoms with Crippen LogP contribution in [-0.4, -0.2) is 25.7 Å². The molecule has 0 fully saturated rings. The van der Waals surface area contributed by atoms with Crippen molar-refractivity contribution >= 4 is 114 Å². The zero-order valence-electron chi connectivity index (χ0n) is 25.8. The highest BCUT2D eigenvalue weighted by Crippen LogP contribution is 2.59. The Labute approximate surface area is 281 Å². The Morgan fingerprint density at radius 2 is 1.26 bits per heavy atom. The lowest BCUT2D eigenvalue weighted by Gasteiger charge is -2.32. The van der Waals surface area contributed by atoms with Gasteiger partial charge >= 0.3 is 0 Å². The summed E-state index contributed by atoms with van der Waals surface area (Å²) in [6.07, 6.45) is 0. The van der Waals surface area contributed by atoms with E-state index in [4.69, 9.17) is 9.97 Å². The molecule has 0 bridgehead atoms. The number of nitrogens with zero attached hydrogens (tertiary/aromatic N) is 3. The molecule has 0 unspecified atom stereocenters. The van der Waals surface area contributed by atoms with E-state index in [0.29, 0.717) is 5.95 Å². The van der Waals surface area contributed by atoms with Gasteiger partial charge in [0, 0.05) is 42.4 Å². The second kappa shape index (κ2) is 10.2. The fraction of sp³-hybridized carbons (Fsp3) is 0. The van der Waals surface area contributed by atoms with E-state index in [1.54, 1.807) is 11.9 Å². The van der Waals surface area contributed by atoms with Gasteiger partial charge in [0.25, 0.3) is 0 Å². The van der Waals surface area contributed by atoms with Gasteiger partial charge in [-0.25, -0.2) is 14.3 Å². The Morgan fingerprint density at radius 1 is 0.553 bits per heavy atom. The SMILES string of the molecule is Bc1ccc(B)c2c(-c3ccccc3)nc(N3Sc4ccc5ccccc5c4-c4c3c3sc5ccccc5c3c3ccccc43)nc12. The molecule has 0 amide bonds. The zero-order chi connectivity index (χ0) is 31.2. The van der Waals surface area contributed by atoms with Crippen LogP contribution in [0, 0.1) is 0 Å². The number of benzene rings is 7. The third-order valence-electron chi connectivity index (χ3n) is 9.52. The van der Waals surface area contributed by atoms with Gasteiger partial charge in [0.05, 0.1) is 21.6 Å². The minimum atomic E-state index is 0.698. The molecule has 0 aliphatic carbocycles. The van der Waals surface area contributed by atoms with E-state index in [1.807, 2.05) is 11.3 Å². The molecule has 0 atom stereocenters. The highest BCUT2D eigenvalue weighted by Gasteiger charge is 2.33. The number of hydrogen-bond acceptors (Lipinski definition) is 5. The molecule has 9 aromatic rings. The van der Waals surface area contributed by atoms with Crippen LogP contribution in [0.4, 0.5) is 11.6 Å². The molecule has 10 rings (SSSR count). The van der Waals surface area contributed by atoms with Crippen LogP contribution in [0.1, 0.15) is 0 Å². The quantitative estimate of drug-likeness (QED) is 0.142. The van der Waals surface area contributed by atoms with E-state index in [9.17, 15) is 0 Å². The molecule has 7 aromatic carbocycles. The molecule has 2 aromatic heterocycles. The van der Waals surface area contributed by atoms with Crippen LogP contribution < -0.4 is 15.2 Å². The molecule has 218 valence electrons. The molecular weight excluding hydrogens is 608 g/mol. The predicted octanol–water partition coefficient (Wildman–Crippen LogP) is 8.31. The summed E-state index contributed by atoms with van der Waals surface area (Å²) in [5.74, 6) is 0.698. The van der Waals surface area contributed by atoms with E-state index in [-0.39, 0.29) is 0 Å². The fourth-order valence-corrected chi connectivity index (χ4v) is 9.76. The van der Waals surface area contributed by atoms with Crippen LogP contribution in [0.25, 0.3) is 75.0 Å². The lowest BCUT2D eigenvalue weighted by Crippen LogP contribution is -2.20. The number of anilines is 2. The lowest BCUT2D eigenvalue weighted by atomic mass is 9.83. The standard InChI is InChI=1S/C40H25B2N3S2/c41-28-19-20-29(42)37-35(28)36(23-11-2-1-3-12-23)43-40(44-37)45-38-34(33-24-13-5-4-10-22(24)18-21-31(33)47-45)26-15-7-6-14-25(26)32-27-16-8-9-17-30(27)46-39(32)38/h1-21H,41-42H2. The summed E-state index contributed by atoms with van der Waals surface area (Å²) in [6.45, 7) is 0. The summed E-state index contributed by atoms with van der Waals surface area (Å²) in [5.41, 5.74) is 9.07. The molecule has 7 heteroatoms. The highest BCUT2D eigenvalue weighted by molar-refractivity contribution is 8.01. The van der Waals surface area contributed by atoms with Crippen molar-refractivity contribution < 1.29 is 0 Å². The number of hydrogen-bond donors (Lipinski definition) is 0. The van der Waals surface area contributed by atoms with E-state index < -0.39 is 0 Å². The topological polar surface area (TPSA) is 29.0 Å². The molecular formula is C40H25B2N3S2. The molecule has 0 saturated heterocycles. The maximum absolute atomic E-state index is 5.47. The summed E-state index contributed by atoms with van der Waals surface area (Å²) in [7, 11) is 4.32. The second-order valence-corrected chi connectivity index (χ2v) is 14.3. The van der Waals surface area contributed by atoms with Crippen LogP contribution in [0.15, 0.2) is 132 Å². The smallest absolute Gasteiger partial charge is 0.241 e. The summed E-state index contributed by atoms with van der Waals surface area (Å²) in [5, 5.41) is 8.73. The normalized spacial score (nSPS) is 12.7. The molecule has 1 aliphatic heterocycles. The van der Waals surface area contributed by atoms with Crippen molar-refractivity contribution in [3.63, 3.8) is 0 Å². The van der Waals surface area contributed by atoms with Crippen LogP contribution in [0.2, 0.25) is 0 Å². The van der Waals surface area contributed by atoms with Crippen molar-refractivity contribution in [2.24, 2.45) is 0 Å². The molecule has 0 saturated carbocycles. The monoisotopic (exact) mass is 633 g/mol. The van der Waals surface area contributed by atoms with Crippen molar-refractivity contribution in [2.75, 3.05) is 4.31 Å². The molecule has 0 N–H and O–H groups in total. The van der Waals surface area contributed by atoms with E-state index >= 15 is 0 Å². The summed E-state index contributed by atoms with van der Waals surface area (Å²) >= 11 is 3.61. The first-order valence-corrected chi connectivity index (χ1v) is 17.4. The van der Waals surface area contributed by atoms with Gasteiger partial charge in [0.15, 0.2) is 0 Å². The Bertz CT molecular complexity index is 2760. The Kier molecular flexibility index (Phi) is 5.87. The fourth-order valence-electron chi connectivity index (χ4n) is 7.37. The van der Waals surface area contributed by atoms with E-state index in [1.165, 1.54) is 63.2 Å². The lowest BCUT2D eigenvalue weighted by molar-refractivity contribution is 1.17. The molecule has 1 aliphatic rings. The largest absolute Gasteiger partial charge is 0.246 e. The van der Waals surface area contributed by atoms with Crippen molar-refractivity contribution in [3.05, 3.63) is 127 Å². The van der Waals surface area contributed by atoms with Gasteiger partial charge in [-0.15, -0.1) is 11.3 Å². The number of fused-ring (bicyclic) bond motifs is 13. The Morgan fingerprint density at radius 3 is 2.11 bits per heavy atom. The number of aromatic nitrogens is 2. The van der Waals surface area contributed by atoms with Gasteiger partial charge in [-0.2, -0.15) is 0 Å². The molecule has 3 nitrogen and oxygen atoms in total. The zero-order valence-corrected chi connectivity index (χ0v) is 27.4. The summed E-state index contributed by atoms with van der Waals surface area (Å²) < 4.78 is 4.87. The van der Waals surface area contributed by atoms with Gasteiger partial charge in [0.2, 0.25) is 5.95 Å². The average molecular weight is 633 g/mol. The third kappa shape index (κ3) is 3.90. The molecule has 3 heterocycles. The summed E-state index contributed by atoms with van der Waals surface area (Å²) in [6, 6.07) is 46.0. The van der Waals surface area contributed by atoms with Gasteiger partial charge in [-0.05, 0) is 45.6 Å². The molecule has 47 heavy (non-hydrogen) atoms. The van der Waals surface area contributed by atoms with Gasteiger partial charge in [0.1, 0.15) is 15.7 Å². The predicted molar refractivity (Wildman–Crippen MR) is 209 cm³/mol. The Hall–Kier alpha value is -5.10. The van der Waals surface area contributed by atoms with Crippen molar-refractivity contribution in [1.29, 1.82) is 0 Å². The van der Waals surface area contributed by atoms with Crippen LogP contribution in [0.3, 0.4) is 0 Å². The minimum Gasteiger partial charge on any atom is -0.246 e. The summed E-state index contributed by atoms with van der Waals surface area (Å²) in [4.78, 5) is 12.1. The van der Waals surface area contributed by atoms with Crippen molar-refractivity contribution in [1.82, 2.24) is 9.97 Å². The van der Waals surface area contributed by atoms with E-state index in [2.05, 4.69) is 147 Å². The number of thiophene rings is 1. The van der Waals surface area contributed by atoms with Crippen molar-refractivity contribution in [3.8, 4) is 22.4 Å². The van der Waals surface area contributed by atoms with Gasteiger partial charge in [-0.3, -0.25) is 0 Å². The minimum absolute atomic E-state index is 0.698. The first-order valence-electron chi connectivity index (χ1n) is 15.9. The first kappa shape index (κ1) is 27.1. The van der Waals surface area contributed by atoms with Crippen molar-refractivity contribution in [2.45, 2.75) is 4.90 Å². The van der Waals surface area contributed by atoms with Gasteiger partial charge in [-0.1, -0.05) is 126 Å². The Balaban J connectivity index is 1.39. The first-order chi connectivity index (χ1) is 23.2. The highest BCUT2D eigenvalue weighted by atomic mass is 32.2. The number of rotatable bonds is 2. The average Bonchev–Trinajstić information content (AvgIpc) is 3.52. The maximum Gasteiger partial charge on any atom is 0.241 e.